The fourth-order valence-corrected chi connectivity index (χ4v) is 9.48. The van der Waals surface area contributed by atoms with E-state index in [0.717, 1.165) is 148 Å². The predicted octanol–water partition coefficient (Wildman–Crippen LogP) is 22.2. The molecule has 0 heterocycles. The smallest absolute Gasteiger partial charge is 0.462 e. The van der Waals surface area contributed by atoms with Crippen molar-refractivity contribution in [1.82, 2.24) is 0 Å². The molecule has 0 aliphatic rings. The Labute approximate surface area is 521 Å². The Morgan fingerprint density at radius 1 is 0.353 bits per heavy atom. The molecule has 3 N–H and O–H groups in total. The molecule has 480 valence electrons. The van der Waals surface area contributed by atoms with Gasteiger partial charge in [-0.05, 0) is 128 Å². The van der Waals surface area contributed by atoms with E-state index in [9.17, 15) is 19.0 Å². The van der Waals surface area contributed by atoms with Crippen LogP contribution < -0.4 is 5.73 Å². The molecule has 2 unspecified atom stereocenters. The van der Waals surface area contributed by atoms with Gasteiger partial charge in [0.2, 0.25) is 0 Å². The summed E-state index contributed by atoms with van der Waals surface area (Å²) in [6.07, 6.45) is 101. The van der Waals surface area contributed by atoms with Gasteiger partial charge in [0.1, 0.15) is 6.61 Å². The van der Waals surface area contributed by atoms with Crippen LogP contribution in [0.4, 0.5) is 0 Å². The molecule has 0 saturated carbocycles. The molecule has 0 amide bonds. The fraction of sp³-hybridized carbons (Fsp3) is 0.600. The van der Waals surface area contributed by atoms with Gasteiger partial charge in [-0.25, -0.2) is 4.57 Å². The van der Waals surface area contributed by atoms with Gasteiger partial charge in [-0.15, -0.1) is 0 Å². The minimum Gasteiger partial charge on any atom is -0.462 e. The second-order valence-electron chi connectivity index (χ2n) is 21.6. The SMILES string of the molecule is CC/C=C\C/C=C\C/C=C\C/C=C\C/C=C\C/C=C\C/C=C\C/C=C\C/C=C\CCCCCCCCCC(=O)OC(COC(=O)CCCCCCCCCCCCCCC/C=C\C/C=C\C/C=C\C/C=C\C/C=C\CC)COP(=O)(O)OCCN. The lowest BCUT2D eigenvalue weighted by atomic mass is 10.0. The van der Waals surface area contributed by atoms with E-state index in [1.807, 2.05) is 0 Å². The van der Waals surface area contributed by atoms with Crippen molar-refractivity contribution in [1.29, 1.82) is 0 Å². The van der Waals surface area contributed by atoms with Crippen LogP contribution in [0.5, 0.6) is 0 Å². The van der Waals surface area contributed by atoms with Crippen LogP contribution in [0, 0.1) is 0 Å². The monoisotopic (exact) mass is 1200 g/mol. The molecular weight excluding hydrogens is 1070 g/mol. The first-order valence-electron chi connectivity index (χ1n) is 33.6. The first-order chi connectivity index (χ1) is 41.8. The Balaban J connectivity index is 4.00. The molecule has 0 rings (SSSR count). The summed E-state index contributed by atoms with van der Waals surface area (Å²) in [6, 6.07) is 0. The second kappa shape index (κ2) is 68.5. The van der Waals surface area contributed by atoms with E-state index in [4.69, 9.17) is 24.3 Å². The Morgan fingerprint density at radius 2 is 0.612 bits per heavy atom. The van der Waals surface area contributed by atoms with E-state index in [2.05, 4.69) is 184 Å². The summed E-state index contributed by atoms with van der Waals surface area (Å²) in [5.74, 6) is -0.850. The summed E-state index contributed by atoms with van der Waals surface area (Å²) in [4.78, 5) is 35.3. The maximum Gasteiger partial charge on any atom is 0.472 e. The molecule has 9 nitrogen and oxygen atoms in total. The van der Waals surface area contributed by atoms with Crippen LogP contribution >= 0.6 is 7.82 Å². The predicted molar refractivity (Wildman–Crippen MR) is 366 cm³/mol. The molecular formula is C75H122NO8P. The second-order valence-corrected chi connectivity index (χ2v) is 23.0. The Kier molecular flexibility index (Phi) is 64.8. The number of unbranched alkanes of at least 4 members (excludes halogenated alkanes) is 20. The molecule has 0 aromatic rings. The molecule has 0 aliphatic heterocycles. The quantitative estimate of drug-likeness (QED) is 0.0264. The zero-order valence-corrected chi connectivity index (χ0v) is 54.7. The topological polar surface area (TPSA) is 134 Å². The van der Waals surface area contributed by atoms with Gasteiger partial charge in [0, 0.05) is 19.4 Å². The molecule has 0 aliphatic carbocycles. The number of phosphoric ester groups is 1. The number of hydrogen-bond acceptors (Lipinski definition) is 8. The summed E-state index contributed by atoms with van der Waals surface area (Å²) in [5, 5.41) is 0. The van der Waals surface area contributed by atoms with Crippen molar-refractivity contribution >= 4 is 19.8 Å². The molecule has 85 heavy (non-hydrogen) atoms. The highest BCUT2D eigenvalue weighted by atomic mass is 31.2. The number of hydrogen-bond donors (Lipinski definition) is 2. The Bertz CT molecular complexity index is 2000. The number of carbonyl (C=O) groups excluding carboxylic acids is 2. The largest absolute Gasteiger partial charge is 0.472 e. The van der Waals surface area contributed by atoms with Gasteiger partial charge in [0.25, 0.3) is 0 Å². The van der Waals surface area contributed by atoms with Crippen molar-refractivity contribution < 1.29 is 37.6 Å². The van der Waals surface area contributed by atoms with E-state index in [0.29, 0.717) is 6.42 Å². The van der Waals surface area contributed by atoms with Gasteiger partial charge in [0.15, 0.2) is 6.10 Å². The van der Waals surface area contributed by atoms with Crippen molar-refractivity contribution in [3.05, 3.63) is 170 Å². The molecule has 0 aromatic carbocycles. The average molecular weight is 1200 g/mol. The van der Waals surface area contributed by atoms with Crippen LogP contribution in [0.1, 0.15) is 258 Å². The normalized spacial score (nSPS) is 14.1. The van der Waals surface area contributed by atoms with Crippen LogP contribution in [0.25, 0.3) is 0 Å². The van der Waals surface area contributed by atoms with Crippen LogP contribution in [-0.4, -0.2) is 49.3 Å². The molecule has 10 heteroatoms. The summed E-state index contributed by atoms with van der Waals surface area (Å²) in [7, 11) is -4.41. The van der Waals surface area contributed by atoms with Gasteiger partial charge in [-0.2, -0.15) is 0 Å². The molecule has 2 atom stereocenters. The maximum atomic E-state index is 12.8. The number of allylic oxidation sites excluding steroid dienone is 28. The summed E-state index contributed by atoms with van der Waals surface area (Å²) < 4.78 is 33.1. The maximum absolute atomic E-state index is 12.8. The highest BCUT2D eigenvalue weighted by Gasteiger charge is 2.26. The Hall–Kier alpha value is -4.63. The van der Waals surface area contributed by atoms with E-state index in [-0.39, 0.29) is 32.6 Å². The molecule has 0 fully saturated rings. The minimum atomic E-state index is -4.41. The van der Waals surface area contributed by atoms with Crippen LogP contribution in [0.2, 0.25) is 0 Å². The van der Waals surface area contributed by atoms with Gasteiger partial charge in [-0.1, -0.05) is 287 Å². The fourth-order valence-electron chi connectivity index (χ4n) is 8.71. The molecule has 0 radical (unpaired) electrons. The van der Waals surface area contributed by atoms with Crippen molar-refractivity contribution in [3.8, 4) is 0 Å². The van der Waals surface area contributed by atoms with Crippen LogP contribution in [0.15, 0.2) is 170 Å². The van der Waals surface area contributed by atoms with E-state index < -0.39 is 32.5 Å². The molecule has 0 bridgehead atoms. The lowest BCUT2D eigenvalue weighted by molar-refractivity contribution is -0.161. The van der Waals surface area contributed by atoms with E-state index in [1.54, 1.807) is 0 Å². The number of carbonyl (C=O) groups is 2. The van der Waals surface area contributed by atoms with Crippen molar-refractivity contribution in [2.75, 3.05) is 26.4 Å². The first-order valence-corrected chi connectivity index (χ1v) is 35.1. The minimum absolute atomic E-state index is 0.0429. The number of ether oxygens (including phenoxy) is 2. The molecule has 0 spiro atoms. The van der Waals surface area contributed by atoms with E-state index in [1.165, 1.54) is 77.0 Å². The summed E-state index contributed by atoms with van der Waals surface area (Å²) in [5.41, 5.74) is 5.40. The highest BCUT2D eigenvalue weighted by Crippen LogP contribution is 2.43. The van der Waals surface area contributed by atoms with Gasteiger partial charge in [0.05, 0.1) is 13.2 Å². The van der Waals surface area contributed by atoms with Crippen molar-refractivity contribution in [2.24, 2.45) is 5.73 Å². The number of phosphoric acid groups is 1. The Morgan fingerprint density at radius 3 is 0.906 bits per heavy atom. The van der Waals surface area contributed by atoms with Gasteiger partial charge >= 0.3 is 19.8 Å². The molecule has 0 aromatic heterocycles. The lowest BCUT2D eigenvalue weighted by Gasteiger charge is -2.19. The van der Waals surface area contributed by atoms with Crippen molar-refractivity contribution in [3.63, 3.8) is 0 Å². The molecule has 0 saturated heterocycles. The number of rotatable bonds is 61. The summed E-state index contributed by atoms with van der Waals surface area (Å²) in [6.45, 7) is 3.49. The van der Waals surface area contributed by atoms with Gasteiger partial charge < -0.3 is 20.1 Å². The zero-order valence-electron chi connectivity index (χ0n) is 53.8. The standard InChI is InChI=1S/C75H122NO8P/c1-3-5-7-9-11-13-15-17-19-21-23-25-27-29-31-33-34-35-36-37-38-40-42-44-46-48-50-52-54-56-58-60-62-64-66-68-75(78)84-73(72-83-85(79,80)82-70-69-76)71-81-74(77)67-65-63-61-59-57-55-53-51-49-47-45-43-41-39-32-30-28-26-24-22-20-18-16-14-12-10-8-6-4-2/h5-8,11-14,17-20,23-26,29-32,34-35,37-38,42,44,48,50,73H,3-4,9-10,15-16,21-22,27-28,33,36,39-41,43,45-47,49,51-72,76H2,1-2H3,(H,79,80)/b7-5-,8-6-,13-11-,14-12-,19-17-,20-18-,25-23-,26-24-,31-29-,32-30-,35-34-,38-37-,44-42-,50-48-. The van der Waals surface area contributed by atoms with Crippen LogP contribution in [0.3, 0.4) is 0 Å². The summed E-state index contributed by atoms with van der Waals surface area (Å²) >= 11 is 0. The third kappa shape index (κ3) is 68.4. The third-order valence-corrected chi connectivity index (χ3v) is 14.6. The highest BCUT2D eigenvalue weighted by molar-refractivity contribution is 7.47. The van der Waals surface area contributed by atoms with Crippen molar-refractivity contribution in [2.45, 2.75) is 264 Å². The lowest BCUT2D eigenvalue weighted by Crippen LogP contribution is -2.29. The average Bonchev–Trinajstić information content (AvgIpc) is 3.52. The third-order valence-electron chi connectivity index (χ3n) is 13.6. The first kappa shape index (κ1) is 80.4. The number of esters is 2. The number of nitrogens with two attached hydrogens (primary N) is 1. The van der Waals surface area contributed by atoms with Gasteiger partial charge in [-0.3, -0.25) is 18.6 Å². The zero-order chi connectivity index (χ0) is 61.6. The van der Waals surface area contributed by atoms with Crippen LogP contribution in [-0.2, 0) is 32.7 Å². The van der Waals surface area contributed by atoms with E-state index >= 15 is 0 Å².